The fourth-order valence-electron chi connectivity index (χ4n) is 2.21. The summed E-state index contributed by atoms with van der Waals surface area (Å²) in [6.07, 6.45) is 2.70. The van der Waals surface area contributed by atoms with Crippen LogP contribution in [-0.2, 0) is 13.1 Å². The van der Waals surface area contributed by atoms with Gasteiger partial charge in [-0.3, -0.25) is 0 Å². The van der Waals surface area contributed by atoms with Gasteiger partial charge in [0, 0.05) is 31.9 Å². The van der Waals surface area contributed by atoms with Crippen LogP contribution in [0.3, 0.4) is 0 Å². The first-order valence-corrected chi connectivity index (χ1v) is 7.31. The van der Waals surface area contributed by atoms with E-state index in [1.165, 1.54) is 0 Å². The van der Waals surface area contributed by atoms with Crippen molar-refractivity contribution < 1.29 is 4.39 Å². The van der Waals surface area contributed by atoms with Crippen molar-refractivity contribution in [1.29, 1.82) is 0 Å². The lowest BCUT2D eigenvalue weighted by Gasteiger charge is -2.20. The van der Waals surface area contributed by atoms with Crippen molar-refractivity contribution >= 4 is 5.82 Å². The molecular weight excluding hydrogens is 265 g/mol. The molecule has 4 heteroatoms. The van der Waals surface area contributed by atoms with Gasteiger partial charge in [-0.1, -0.05) is 37.3 Å². The van der Waals surface area contributed by atoms with Gasteiger partial charge in [-0.2, -0.15) is 0 Å². The minimum Gasteiger partial charge on any atom is -0.353 e. The summed E-state index contributed by atoms with van der Waals surface area (Å²) in [6, 6.07) is 11.7. The third-order valence-corrected chi connectivity index (χ3v) is 3.32. The van der Waals surface area contributed by atoms with Crippen LogP contribution in [0.5, 0.6) is 0 Å². The van der Waals surface area contributed by atoms with Crippen LogP contribution >= 0.6 is 0 Å². The SMILES string of the molecule is CCCNCc1ccnc(N(C)Cc2ccccc2)c1F. The second-order valence-corrected chi connectivity index (χ2v) is 5.13. The quantitative estimate of drug-likeness (QED) is 0.792. The number of nitrogens with one attached hydrogen (secondary N) is 1. The maximum atomic E-state index is 14.5. The van der Waals surface area contributed by atoms with E-state index >= 15 is 0 Å². The molecule has 0 radical (unpaired) electrons. The van der Waals surface area contributed by atoms with Gasteiger partial charge in [0.2, 0.25) is 0 Å². The maximum absolute atomic E-state index is 14.5. The number of anilines is 1. The average Bonchev–Trinajstić information content (AvgIpc) is 2.50. The van der Waals surface area contributed by atoms with E-state index in [2.05, 4.69) is 17.2 Å². The van der Waals surface area contributed by atoms with Gasteiger partial charge < -0.3 is 10.2 Å². The largest absolute Gasteiger partial charge is 0.353 e. The molecule has 0 spiro atoms. The van der Waals surface area contributed by atoms with Crippen LogP contribution in [0.15, 0.2) is 42.6 Å². The van der Waals surface area contributed by atoms with Crippen LogP contribution in [0.1, 0.15) is 24.5 Å². The first-order valence-electron chi connectivity index (χ1n) is 7.31. The fourth-order valence-corrected chi connectivity index (χ4v) is 2.21. The highest BCUT2D eigenvalue weighted by atomic mass is 19.1. The zero-order valence-corrected chi connectivity index (χ0v) is 12.6. The standard InChI is InChI=1S/C17H22FN3/c1-3-10-19-12-15-9-11-20-17(16(15)18)21(2)13-14-7-5-4-6-8-14/h4-9,11,19H,3,10,12-13H2,1-2H3. The lowest BCUT2D eigenvalue weighted by atomic mass is 10.2. The van der Waals surface area contributed by atoms with Crippen molar-refractivity contribution in [2.45, 2.75) is 26.4 Å². The number of nitrogens with zero attached hydrogens (tertiary/aromatic N) is 2. The Morgan fingerprint density at radius 3 is 2.67 bits per heavy atom. The summed E-state index contributed by atoms with van der Waals surface area (Å²) in [7, 11) is 1.86. The van der Waals surface area contributed by atoms with E-state index in [0.29, 0.717) is 24.5 Å². The molecule has 0 bridgehead atoms. The first kappa shape index (κ1) is 15.4. The average molecular weight is 287 g/mol. The van der Waals surface area contributed by atoms with Crippen LogP contribution in [-0.4, -0.2) is 18.6 Å². The Hall–Kier alpha value is -1.94. The predicted molar refractivity (Wildman–Crippen MR) is 84.7 cm³/mol. The monoisotopic (exact) mass is 287 g/mol. The normalized spacial score (nSPS) is 10.6. The Morgan fingerprint density at radius 2 is 1.95 bits per heavy atom. The van der Waals surface area contributed by atoms with Gasteiger partial charge >= 0.3 is 0 Å². The Bertz CT molecular complexity index is 557. The molecule has 1 heterocycles. The molecule has 0 aliphatic carbocycles. The van der Waals surface area contributed by atoms with Gasteiger partial charge in [0.05, 0.1) is 0 Å². The lowest BCUT2D eigenvalue weighted by Crippen LogP contribution is -2.21. The van der Waals surface area contributed by atoms with Crippen molar-refractivity contribution in [2.75, 3.05) is 18.5 Å². The lowest BCUT2D eigenvalue weighted by molar-refractivity contribution is 0.577. The number of halogens is 1. The predicted octanol–water partition coefficient (Wildman–Crippen LogP) is 3.36. The number of hydrogen-bond acceptors (Lipinski definition) is 3. The second kappa shape index (κ2) is 7.74. The van der Waals surface area contributed by atoms with Crippen LogP contribution in [0.25, 0.3) is 0 Å². The van der Waals surface area contributed by atoms with Crippen LogP contribution < -0.4 is 10.2 Å². The molecule has 0 amide bonds. The van der Waals surface area contributed by atoms with Crippen molar-refractivity contribution in [3.05, 3.63) is 59.5 Å². The van der Waals surface area contributed by atoms with E-state index in [0.717, 1.165) is 18.5 Å². The molecule has 21 heavy (non-hydrogen) atoms. The smallest absolute Gasteiger partial charge is 0.170 e. The zero-order chi connectivity index (χ0) is 15.1. The molecule has 112 valence electrons. The topological polar surface area (TPSA) is 28.2 Å². The van der Waals surface area contributed by atoms with Crippen molar-refractivity contribution in [2.24, 2.45) is 0 Å². The number of pyridine rings is 1. The molecule has 2 rings (SSSR count). The molecule has 0 aliphatic heterocycles. The zero-order valence-electron chi connectivity index (χ0n) is 12.6. The van der Waals surface area contributed by atoms with Gasteiger partial charge in [0.1, 0.15) is 0 Å². The molecule has 0 unspecified atom stereocenters. The molecule has 1 aromatic carbocycles. The van der Waals surface area contributed by atoms with Crippen LogP contribution in [0.2, 0.25) is 0 Å². The molecule has 0 saturated carbocycles. The summed E-state index contributed by atoms with van der Waals surface area (Å²) in [6.45, 7) is 4.15. The third-order valence-electron chi connectivity index (χ3n) is 3.32. The van der Waals surface area contributed by atoms with Crippen LogP contribution in [0.4, 0.5) is 10.2 Å². The van der Waals surface area contributed by atoms with Crippen molar-refractivity contribution in [3.8, 4) is 0 Å². The first-order chi connectivity index (χ1) is 10.2. The number of hydrogen-bond donors (Lipinski definition) is 1. The third kappa shape index (κ3) is 4.26. The number of rotatable bonds is 7. The van der Waals surface area contributed by atoms with Gasteiger partial charge in [0.25, 0.3) is 0 Å². The summed E-state index contributed by atoms with van der Waals surface area (Å²) in [5.74, 6) is 0.161. The van der Waals surface area contributed by atoms with E-state index in [-0.39, 0.29) is 5.82 Å². The molecule has 0 saturated heterocycles. The number of aromatic nitrogens is 1. The molecule has 0 fully saturated rings. The highest BCUT2D eigenvalue weighted by Gasteiger charge is 2.13. The molecule has 1 N–H and O–H groups in total. The molecule has 2 aromatic rings. The fraction of sp³-hybridized carbons (Fsp3) is 0.353. The van der Waals surface area contributed by atoms with Gasteiger partial charge in [-0.15, -0.1) is 0 Å². The van der Waals surface area contributed by atoms with Gasteiger partial charge in [0.15, 0.2) is 11.6 Å². The second-order valence-electron chi connectivity index (χ2n) is 5.13. The van der Waals surface area contributed by atoms with E-state index in [4.69, 9.17) is 0 Å². The summed E-state index contributed by atoms with van der Waals surface area (Å²) in [5.41, 5.74) is 1.80. The molecule has 1 aromatic heterocycles. The summed E-state index contributed by atoms with van der Waals surface area (Å²) in [4.78, 5) is 6.03. The Labute approximate surface area is 125 Å². The minimum atomic E-state index is -0.237. The Morgan fingerprint density at radius 1 is 1.19 bits per heavy atom. The van der Waals surface area contributed by atoms with Gasteiger partial charge in [-0.05, 0) is 24.6 Å². The minimum absolute atomic E-state index is 0.237. The highest BCUT2D eigenvalue weighted by Crippen LogP contribution is 2.20. The molecule has 0 atom stereocenters. The van der Waals surface area contributed by atoms with Crippen LogP contribution in [0, 0.1) is 5.82 Å². The molecule has 3 nitrogen and oxygen atoms in total. The van der Waals surface area contributed by atoms with E-state index in [9.17, 15) is 4.39 Å². The maximum Gasteiger partial charge on any atom is 0.170 e. The van der Waals surface area contributed by atoms with Crippen molar-refractivity contribution in [1.82, 2.24) is 10.3 Å². The summed E-state index contributed by atoms with van der Waals surface area (Å²) >= 11 is 0. The van der Waals surface area contributed by atoms with E-state index in [1.54, 1.807) is 12.3 Å². The molecular formula is C17H22FN3. The van der Waals surface area contributed by atoms with Gasteiger partial charge in [-0.25, -0.2) is 9.37 Å². The highest BCUT2D eigenvalue weighted by molar-refractivity contribution is 5.43. The summed E-state index contributed by atoms with van der Waals surface area (Å²) in [5, 5.41) is 3.22. The number of benzene rings is 1. The Balaban J connectivity index is 2.10. The molecule has 0 aliphatic rings. The Kier molecular flexibility index (Phi) is 5.69. The summed E-state index contributed by atoms with van der Waals surface area (Å²) < 4.78 is 14.5. The van der Waals surface area contributed by atoms with Crippen molar-refractivity contribution in [3.63, 3.8) is 0 Å². The van der Waals surface area contributed by atoms with E-state index in [1.807, 2.05) is 42.3 Å². The van der Waals surface area contributed by atoms with E-state index < -0.39 is 0 Å².